The highest BCUT2D eigenvalue weighted by Crippen LogP contribution is 2.31. The third kappa shape index (κ3) is 4.22. The fraction of sp³-hybridized carbons (Fsp3) is 0.179. The second kappa shape index (κ2) is 8.87. The Morgan fingerprint density at radius 3 is 2.88 bits per heavy atom. The summed E-state index contributed by atoms with van der Waals surface area (Å²) in [5.41, 5.74) is 3.36. The van der Waals surface area contributed by atoms with Gasteiger partial charge in [-0.15, -0.1) is 0 Å². The smallest absolute Gasteiger partial charge is 0.265 e. The van der Waals surface area contributed by atoms with E-state index in [4.69, 9.17) is 4.74 Å². The molecule has 0 saturated heterocycles. The molecule has 164 valence electrons. The monoisotopic (exact) mass is 435 g/mol. The van der Waals surface area contributed by atoms with Gasteiger partial charge >= 0.3 is 0 Å². The zero-order chi connectivity index (χ0) is 22.8. The van der Waals surface area contributed by atoms with Gasteiger partial charge in [-0.3, -0.25) is 14.3 Å². The number of nitrogens with zero attached hydrogens (tertiary/aromatic N) is 3. The van der Waals surface area contributed by atoms with Crippen LogP contribution in [0.15, 0.2) is 90.5 Å². The maximum Gasteiger partial charge on any atom is 0.265 e. The lowest BCUT2D eigenvalue weighted by Gasteiger charge is -2.14. The van der Waals surface area contributed by atoms with Crippen LogP contribution >= 0.6 is 0 Å². The summed E-state index contributed by atoms with van der Waals surface area (Å²) in [7, 11) is 0. The highest BCUT2D eigenvalue weighted by Gasteiger charge is 2.18. The van der Waals surface area contributed by atoms with Gasteiger partial charge in [-0.2, -0.15) is 0 Å². The van der Waals surface area contributed by atoms with Gasteiger partial charge in [0.05, 0.1) is 23.2 Å². The number of hydrogen-bond donors (Lipinski definition) is 0. The minimum atomic E-state index is -0.155. The molecule has 33 heavy (non-hydrogen) atoms. The molecule has 5 rings (SSSR count). The summed E-state index contributed by atoms with van der Waals surface area (Å²) in [6, 6.07) is 13.5. The van der Waals surface area contributed by atoms with Gasteiger partial charge in [0.15, 0.2) is 0 Å². The van der Waals surface area contributed by atoms with E-state index >= 15 is 0 Å². The Morgan fingerprint density at radius 2 is 2.09 bits per heavy atom. The summed E-state index contributed by atoms with van der Waals surface area (Å²) in [5, 5.41) is 1.82. The van der Waals surface area contributed by atoms with Crippen LogP contribution in [0.3, 0.4) is 0 Å². The van der Waals surface area contributed by atoms with Crippen molar-refractivity contribution in [2.75, 3.05) is 6.61 Å². The zero-order valence-corrected chi connectivity index (χ0v) is 18.6. The predicted octanol–water partition coefficient (Wildman–Crippen LogP) is 5.87. The third-order valence-corrected chi connectivity index (χ3v) is 5.79. The predicted molar refractivity (Wildman–Crippen MR) is 134 cm³/mol. The van der Waals surface area contributed by atoms with Crippen molar-refractivity contribution in [2.45, 2.75) is 19.8 Å². The molecule has 3 aromatic heterocycles. The van der Waals surface area contributed by atoms with Crippen LogP contribution in [0.5, 0.6) is 5.88 Å². The van der Waals surface area contributed by atoms with Crippen molar-refractivity contribution in [1.29, 1.82) is 0 Å². The third-order valence-electron chi connectivity index (χ3n) is 5.79. The lowest BCUT2D eigenvalue weighted by atomic mass is 10.0. The van der Waals surface area contributed by atoms with Gasteiger partial charge in [-0.1, -0.05) is 36.9 Å². The van der Waals surface area contributed by atoms with Crippen LogP contribution < -0.4 is 10.3 Å². The first-order chi connectivity index (χ1) is 16.2. The number of rotatable bonds is 7. The van der Waals surface area contributed by atoms with E-state index in [1.165, 1.54) is 12.8 Å². The number of benzene rings is 1. The second-order valence-corrected chi connectivity index (χ2v) is 8.13. The molecule has 3 heterocycles. The molecule has 0 aliphatic heterocycles. The second-order valence-electron chi connectivity index (χ2n) is 8.13. The maximum absolute atomic E-state index is 13.9. The van der Waals surface area contributed by atoms with Crippen LogP contribution in [0, 0.1) is 5.92 Å². The quantitative estimate of drug-likeness (QED) is 0.341. The van der Waals surface area contributed by atoms with Crippen molar-refractivity contribution in [1.82, 2.24) is 14.5 Å². The van der Waals surface area contributed by atoms with Crippen molar-refractivity contribution in [2.24, 2.45) is 5.92 Å². The van der Waals surface area contributed by atoms with E-state index in [0.717, 1.165) is 27.5 Å². The number of hydrogen-bond acceptors (Lipinski definition) is 4. The molecular formula is C28H25N3O2. The average molecular weight is 436 g/mol. The maximum atomic E-state index is 13.9. The van der Waals surface area contributed by atoms with Crippen molar-refractivity contribution < 1.29 is 4.74 Å². The summed E-state index contributed by atoms with van der Waals surface area (Å²) in [6.07, 6.45) is 13.9. The summed E-state index contributed by atoms with van der Waals surface area (Å²) in [4.78, 5) is 22.9. The van der Waals surface area contributed by atoms with Crippen LogP contribution in [-0.4, -0.2) is 21.1 Å². The number of ether oxygens (including phenoxy) is 1. The Morgan fingerprint density at radius 1 is 1.21 bits per heavy atom. The Kier molecular flexibility index (Phi) is 5.61. The first kappa shape index (κ1) is 20.9. The average Bonchev–Trinajstić information content (AvgIpc) is 3.67. The van der Waals surface area contributed by atoms with Gasteiger partial charge in [0, 0.05) is 34.9 Å². The van der Waals surface area contributed by atoms with Gasteiger partial charge in [-0.05, 0) is 61.6 Å². The lowest BCUT2D eigenvalue weighted by Crippen LogP contribution is -2.22. The molecule has 0 bridgehead atoms. The molecule has 0 amide bonds. The SMILES string of the molecule is C=C/C(=C\C=C\C1CC1)c1c(=O)n(-c2ccc3ncccc3c2)cc2ccc(OCC)nc12. The topological polar surface area (TPSA) is 57.0 Å². The summed E-state index contributed by atoms with van der Waals surface area (Å²) in [5.74, 6) is 1.14. The van der Waals surface area contributed by atoms with Gasteiger partial charge in [0.1, 0.15) is 0 Å². The Labute approximate surface area is 192 Å². The molecule has 0 unspecified atom stereocenters. The molecule has 1 aliphatic rings. The first-order valence-electron chi connectivity index (χ1n) is 11.2. The van der Waals surface area contributed by atoms with Gasteiger partial charge in [0.25, 0.3) is 5.56 Å². The van der Waals surface area contributed by atoms with Crippen LogP contribution in [0.25, 0.3) is 33.1 Å². The Balaban J connectivity index is 1.75. The Hall–Kier alpha value is -3.99. The first-order valence-corrected chi connectivity index (χ1v) is 11.2. The molecule has 4 aromatic rings. The standard InChI is InChI=1S/C28H25N3O2/c1-3-20(8-5-7-19-10-11-19)26-27-22(12-15-25(30-27)33-4-2)18-31(28(26)32)23-13-14-24-21(17-23)9-6-16-29-24/h3,5-9,12-19H,1,4,10-11H2,2H3/b7-5+,20-8+. The molecule has 0 N–H and O–H groups in total. The van der Waals surface area contributed by atoms with Crippen LogP contribution in [0.4, 0.5) is 0 Å². The molecule has 1 fully saturated rings. The van der Waals surface area contributed by atoms with Crippen LogP contribution in [0.2, 0.25) is 0 Å². The Bertz CT molecular complexity index is 1480. The summed E-state index contributed by atoms with van der Waals surface area (Å²) in [6.45, 7) is 6.40. The van der Waals surface area contributed by atoms with Crippen molar-refractivity contribution in [3.63, 3.8) is 0 Å². The lowest BCUT2D eigenvalue weighted by molar-refractivity contribution is 0.328. The molecule has 1 aromatic carbocycles. The molecule has 1 aliphatic carbocycles. The highest BCUT2D eigenvalue weighted by atomic mass is 16.5. The van der Waals surface area contributed by atoms with E-state index in [9.17, 15) is 4.79 Å². The molecular weight excluding hydrogens is 410 g/mol. The molecule has 1 saturated carbocycles. The number of pyridine rings is 3. The number of allylic oxidation sites excluding steroid dienone is 5. The van der Waals surface area contributed by atoms with Crippen molar-refractivity contribution in [3.8, 4) is 11.6 Å². The van der Waals surface area contributed by atoms with Gasteiger partial charge < -0.3 is 4.74 Å². The van der Waals surface area contributed by atoms with E-state index in [2.05, 4.69) is 22.6 Å². The van der Waals surface area contributed by atoms with Gasteiger partial charge in [-0.25, -0.2) is 4.98 Å². The molecule has 0 radical (unpaired) electrons. The van der Waals surface area contributed by atoms with Gasteiger partial charge in [0.2, 0.25) is 5.88 Å². The van der Waals surface area contributed by atoms with E-state index in [1.807, 2.05) is 67.7 Å². The van der Waals surface area contributed by atoms with Crippen molar-refractivity contribution in [3.05, 3.63) is 102 Å². The fourth-order valence-electron chi connectivity index (χ4n) is 3.93. The van der Waals surface area contributed by atoms with E-state index < -0.39 is 0 Å². The van der Waals surface area contributed by atoms with E-state index in [1.54, 1.807) is 16.8 Å². The minimum Gasteiger partial charge on any atom is -0.478 e. The van der Waals surface area contributed by atoms with E-state index in [-0.39, 0.29) is 5.56 Å². The molecule has 0 atom stereocenters. The fourth-order valence-corrected chi connectivity index (χ4v) is 3.93. The minimum absolute atomic E-state index is 0.155. The normalized spacial score (nSPS) is 14.3. The zero-order valence-electron chi connectivity index (χ0n) is 18.6. The van der Waals surface area contributed by atoms with Crippen LogP contribution in [0.1, 0.15) is 25.3 Å². The molecule has 5 heteroatoms. The van der Waals surface area contributed by atoms with Crippen LogP contribution in [-0.2, 0) is 0 Å². The summed E-state index contributed by atoms with van der Waals surface area (Å²) >= 11 is 0. The highest BCUT2D eigenvalue weighted by molar-refractivity contribution is 5.93. The molecule has 0 spiro atoms. The van der Waals surface area contributed by atoms with Crippen molar-refractivity contribution >= 4 is 27.4 Å². The number of aromatic nitrogens is 3. The largest absolute Gasteiger partial charge is 0.478 e. The number of fused-ring (bicyclic) bond motifs is 2. The summed E-state index contributed by atoms with van der Waals surface area (Å²) < 4.78 is 7.29. The van der Waals surface area contributed by atoms with E-state index in [0.29, 0.717) is 29.5 Å². The molecule has 5 nitrogen and oxygen atoms in total.